The first-order valence-corrected chi connectivity index (χ1v) is 5.84. The van der Waals surface area contributed by atoms with Gasteiger partial charge in [0.25, 0.3) is 0 Å². The molecule has 0 aromatic carbocycles. The van der Waals surface area contributed by atoms with Crippen molar-refractivity contribution in [1.29, 1.82) is 0 Å². The van der Waals surface area contributed by atoms with Gasteiger partial charge in [0.15, 0.2) is 0 Å². The third kappa shape index (κ3) is 5.04. The van der Waals surface area contributed by atoms with E-state index in [1.54, 1.807) is 20.8 Å². The van der Waals surface area contributed by atoms with E-state index >= 15 is 0 Å². The van der Waals surface area contributed by atoms with Crippen LogP contribution in [0.25, 0.3) is 0 Å². The van der Waals surface area contributed by atoms with Crippen molar-refractivity contribution in [3.63, 3.8) is 0 Å². The molecule has 0 bridgehead atoms. The summed E-state index contributed by atoms with van der Waals surface area (Å²) in [6, 6.07) is -0.225. The van der Waals surface area contributed by atoms with E-state index in [0.29, 0.717) is 0 Å². The topological polar surface area (TPSA) is 84.7 Å². The number of nitrogens with one attached hydrogen (secondary N) is 1. The van der Waals surface area contributed by atoms with E-state index in [0.717, 1.165) is 17.7 Å². The fourth-order valence-corrected chi connectivity index (χ4v) is 1.20. The summed E-state index contributed by atoms with van der Waals surface area (Å²) in [6.45, 7) is 5.64. The average Bonchev–Trinajstić information content (AvgIpc) is 2.94. The first-order chi connectivity index (χ1) is 7.83. The van der Waals surface area contributed by atoms with Crippen molar-refractivity contribution in [2.45, 2.75) is 45.3 Å². The molecule has 98 valence electrons. The number of carbonyl (C=O) groups is 2. The molecule has 6 heteroatoms. The summed E-state index contributed by atoms with van der Waals surface area (Å²) < 4.78 is 5.15. The van der Waals surface area contributed by atoms with Crippen molar-refractivity contribution in [3.05, 3.63) is 0 Å². The van der Waals surface area contributed by atoms with Gasteiger partial charge >= 0.3 is 12.1 Å². The SMILES string of the molecule is CC(C)(C)OC(=O)N(CCN)C(=O)NC1CC1. The zero-order valence-corrected chi connectivity index (χ0v) is 10.7. The van der Waals surface area contributed by atoms with Crippen LogP contribution in [-0.2, 0) is 4.74 Å². The van der Waals surface area contributed by atoms with Gasteiger partial charge < -0.3 is 15.8 Å². The molecule has 6 nitrogen and oxygen atoms in total. The molecule has 1 aliphatic rings. The van der Waals surface area contributed by atoms with Crippen LogP contribution in [0.5, 0.6) is 0 Å². The minimum absolute atomic E-state index is 0.160. The fourth-order valence-electron chi connectivity index (χ4n) is 1.20. The Hall–Kier alpha value is -1.30. The molecule has 1 saturated carbocycles. The maximum atomic E-state index is 11.8. The van der Waals surface area contributed by atoms with Gasteiger partial charge in [-0.25, -0.2) is 14.5 Å². The lowest BCUT2D eigenvalue weighted by molar-refractivity contribution is 0.0325. The minimum Gasteiger partial charge on any atom is -0.443 e. The second-order valence-electron chi connectivity index (χ2n) is 5.14. The van der Waals surface area contributed by atoms with Crippen molar-refractivity contribution in [3.8, 4) is 0 Å². The largest absolute Gasteiger partial charge is 0.443 e. The number of ether oxygens (including phenoxy) is 1. The molecule has 3 amide bonds. The molecule has 0 atom stereocenters. The second kappa shape index (κ2) is 5.35. The Morgan fingerprint density at radius 2 is 2.00 bits per heavy atom. The van der Waals surface area contributed by atoms with E-state index in [-0.39, 0.29) is 19.1 Å². The van der Waals surface area contributed by atoms with Crippen LogP contribution in [0.3, 0.4) is 0 Å². The first-order valence-electron chi connectivity index (χ1n) is 5.84. The maximum Gasteiger partial charge on any atom is 0.418 e. The molecule has 0 aromatic heterocycles. The van der Waals surface area contributed by atoms with Gasteiger partial charge in [-0.05, 0) is 33.6 Å². The Kier molecular flexibility index (Phi) is 4.34. The molecule has 0 saturated heterocycles. The number of urea groups is 1. The quantitative estimate of drug-likeness (QED) is 0.776. The third-order valence-electron chi connectivity index (χ3n) is 2.12. The van der Waals surface area contributed by atoms with Gasteiger partial charge in [0, 0.05) is 19.1 Å². The van der Waals surface area contributed by atoms with Crippen molar-refractivity contribution < 1.29 is 14.3 Å². The van der Waals surface area contributed by atoms with Crippen LogP contribution < -0.4 is 11.1 Å². The zero-order chi connectivity index (χ0) is 13.1. The van der Waals surface area contributed by atoms with E-state index in [9.17, 15) is 9.59 Å². The lowest BCUT2D eigenvalue weighted by Crippen LogP contribution is -2.48. The molecule has 0 aromatic rings. The van der Waals surface area contributed by atoms with Crippen molar-refractivity contribution in [1.82, 2.24) is 10.2 Å². The summed E-state index contributed by atoms with van der Waals surface area (Å²) in [5.41, 5.74) is 4.76. The highest BCUT2D eigenvalue weighted by Gasteiger charge is 2.30. The molecule has 0 aliphatic heterocycles. The van der Waals surface area contributed by atoms with E-state index in [1.165, 1.54) is 0 Å². The van der Waals surface area contributed by atoms with E-state index in [1.807, 2.05) is 0 Å². The molecular formula is C11H21N3O3. The molecule has 0 unspecified atom stereocenters. The molecule has 1 aliphatic carbocycles. The van der Waals surface area contributed by atoms with Crippen LogP contribution in [-0.4, -0.2) is 41.8 Å². The summed E-state index contributed by atoms with van der Waals surface area (Å²) in [5, 5.41) is 2.74. The number of amides is 3. The molecule has 0 radical (unpaired) electrons. The van der Waals surface area contributed by atoms with Crippen LogP contribution in [0, 0.1) is 0 Å². The monoisotopic (exact) mass is 243 g/mol. The Labute approximate surface area is 101 Å². The zero-order valence-electron chi connectivity index (χ0n) is 10.7. The first kappa shape index (κ1) is 13.8. The van der Waals surface area contributed by atoms with Gasteiger partial charge in [0.05, 0.1) is 0 Å². The number of rotatable bonds is 3. The average molecular weight is 243 g/mol. The van der Waals surface area contributed by atoms with E-state index in [2.05, 4.69) is 5.32 Å². The Morgan fingerprint density at radius 1 is 1.41 bits per heavy atom. The molecule has 3 N–H and O–H groups in total. The fraction of sp³-hybridized carbons (Fsp3) is 0.818. The lowest BCUT2D eigenvalue weighted by atomic mass is 10.2. The molecular weight excluding hydrogens is 222 g/mol. The van der Waals surface area contributed by atoms with Gasteiger partial charge in [0.2, 0.25) is 0 Å². The van der Waals surface area contributed by atoms with Gasteiger partial charge in [-0.1, -0.05) is 0 Å². The highest BCUT2D eigenvalue weighted by atomic mass is 16.6. The van der Waals surface area contributed by atoms with Crippen molar-refractivity contribution in [2.75, 3.05) is 13.1 Å². The van der Waals surface area contributed by atoms with Crippen LogP contribution in [0.1, 0.15) is 33.6 Å². The number of nitrogens with two attached hydrogens (primary N) is 1. The Morgan fingerprint density at radius 3 is 2.41 bits per heavy atom. The summed E-state index contributed by atoms with van der Waals surface area (Å²) in [7, 11) is 0. The van der Waals surface area contributed by atoms with Gasteiger partial charge in [0.1, 0.15) is 5.60 Å². The Bertz CT molecular complexity index is 295. The molecule has 1 rings (SSSR count). The smallest absolute Gasteiger partial charge is 0.418 e. The van der Waals surface area contributed by atoms with Crippen molar-refractivity contribution in [2.24, 2.45) is 5.73 Å². The predicted octanol–water partition coefficient (Wildman–Crippen LogP) is 1.05. The second-order valence-corrected chi connectivity index (χ2v) is 5.14. The van der Waals surface area contributed by atoms with Crippen LogP contribution in [0.2, 0.25) is 0 Å². The van der Waals surface area contributed by atoms with Gasteiger partial charge in [-0.15, -0.1) is 0 Å². The summed E-state index contributed by atoms with van der Waals surface area (Å²) in [4.78, 5) is 24.6. The number of hydrogen-bond acceptors (Lipinski definition) is 4. The minimum atomic E-state index is -0.652. The van der Waals surface area contributed by atoms with Crippen LogP contribution in [0.4, 0.5) is 9.59 Å². The summed E-state index contributed by atoms with van der Waals surface area (Å²) in [6.07, 6.45) is 1.29. The van der Waals surface area contributed by atoms with E-state index in [4.69, 9.17) is 10.5 Å². The van der Waals surface area contributed by atoms with Gasteiger partial charge in [-0.3, -0.25) is 0 Å². The third-order valence-corrected chi connectivity index (χ3v) is 2.12. The number of carbonyl (C=O) groups excluding carboxylic acids is 2. The molecule has 0 spiro atoms. The normalized spacial score (nSPS) is 15.3. The summed E-state index contributed by atoms with van der Waals surface area (Å²) >= 11 is 0. The van der Waals surface area contributed by atoms with E-state index < -0.39 is 17.7 Å². The molecule has 0 heterocycles. The maximum absolute atomic E-state index is 11.8. The summed E-state index contributed by atoms with van der Waals surface area (Å²) in [5.74, 6) is 0. The predicted molar refractivity (Wildman–Crippen MR) is 63.5 cm³/mol. The van der Waals surface area contributed by atoms with Crippen LogP contribution in [0.15, 0.2) is 0 Å². The standard InChI is InChI=1S/C11H21N3O3/c1-11(2,3)17-10(16)14(7-6-12)9(15)13-8-4-5-8/h8H,4-7,12H2,1-3H3,(H,13,15). The Balaban J connectivity index is 2.56. The number of hydrogen-bond donors (Lipinski definition) is 2. The highest BCUT2D eigenvalue weighted by Crippen LogP contribution is 2.19. The molecule has 17 heavy (non-hydrogen) atoms. The van der Waals surface area contributed by atoms with Crippen LogP contribution >= 0.6 is 0 Å². The molecule has 1 fully saturated rings. The van der Waals surface area contributed by atoms with Crippen molar-refractivity contribution >= 4 is 12.1 Å². The highest BCUT2D eigenvalue weighted by molar-refractivity contribution is 5.91. The number of nitrogens with zero attached hydrogens (tertiary/aromatic N) is 1. The van der Waals surface area contributed by atoms with Gasteiger partial charge in [-0.2, -0.15) is 0 Å². The number of imide groups is 1. The lowest BCUT2D eigenvalue weighted by Gasteiger charge is -2.25.